The van der Waals surface area contributed by atoms with E-state index in [2.05, 4.69) is 10.3 Å². The molecule has 0 aliphatic carbocycles. The molecule has 0 radical (unpaired) electrons. The van der Waals surface area contributed by atoms with Crippen LogP contribution in [0.2, 0.25) is 0 Å². The van der Waals surface area contributed by atoms with Crippen molar-refractivity contribution in [3.63, 3.8) is 0 Å². The SMILES string of the molecule is CC(O)(CNCc1ccccn1)c1ccc(F)cc1F. The predicted molar refractivity (Wildman–Crippen MR) is 71.9 cm³/mol. The highest BCUT2D eigenvalue weighted by molar-refractivity contribution is 5.24. The van der Waals surface area contributed by atoms with Crippen molar-refractivity contribution in [3.05, 3.63) is 65.5 Å². The molecule has 2 aromatic rings. The first-order valence-electron chi connectivity index (χ1n) is 6.27. The Kier molecular flexibility index (Phi) is 4.42. The van der Waals surface area contributed by atoms with Crippen molar-refractivity contribution in [2.24, 2.45) is 0 Å². The fraction of sp³-hybridized carbons (Fsp3) is 0.267. The van der Waals surface area contributed by atoms with Crippen LogP contribution in [0.1, 0.15) is 18.2 Å². The van der Waals surface area contributed by atoms with Gasteiger partial charge in [0.25, 0.3) is 0 Å². The molecule has 2 N–H and O–H groups in total. The molecule has 1 aromatic heterocycles. The minimum atomic E-state index is -1.42. The molecule has 0 aliphatic heterocycles. The molecule has 3 nitrogen and oxygen atoms in total. The lowest BCUT2D eigenvalue weighted by Gasteiger charge is -2.24. The minimum absolute atomic E-state index is 0.0624. The van der Waals surface area contributed by atoms with Gasteiger partial charge in [-0.3, -0.25) is 4.98 Å². The van der Waals surface area contributed by atoms with Crippen LogP contribution in [0.5, 0.6) is 0 Å². The number of nitrogens with one attached hydrogen (secondary N) is 1. The number of nitrogens with zero attached hydrogens (tertiary/aromatic N) is 1. The summed E-state index contributed by atoms with van der Waals surface area (Å²) >= 11 is 0. The molecule has 0 fully saturated rings. The smallest absolute Gasteiger partial charge is 0.132 e. The van der Waals surface area contributed by atoms with Gasteiger partial charge in [-0.25, -0.2) is 8.78 Å². The van der Waals surface area contributed by atoms with E-state index in [0.29, 0.717) is 6.54 Å². The summed E-state index contributed by atoms with van der Waals surface area (Å²) in [6.07, 6.45) is 1.68. The Bertz CT molecular complexity index is 573. The predicted octanol–water partition coefficient (Wildman–Crippen LogP) is 2.36. The number of rotatable bonds is 5. The maximum absolute atomic E-state index is 13.7. The normalized spacial score (nSPS) is 14.0. The zero-order valence-electron chi connectivity index (χ0n) is 11.1. The fourth-order valence-corrected chi connectivity index (χ4v) is 1.96. The Balaban J connectivity index is 2.00. The Morgan fingerprint density at radius 3 is 2.70 bits per heavy atom. The van der Waals surface area contributed by atoms with Gasteiger partial charge >= 0.3 is 0 Å². The zero-order chi connectivity index (χ0) is 14.6. The number of benzene rings is 1. The standard InChI is InChI=1S/C15H16F2N2O/c1-15(20,13-6-5-11(16)8-14(13)17)10-18-9-12-4-2-3-7-19-12/h2-8,18,20H,9-10H2,1H3. The van der Waals surface area contributed by atoms with Crippen LogP contribution in [0.15, 0.2) is 42.6 Å². The van der Waals surface area contributed by atoms with Gasteiger partial charge < -0.3 is 10.4 Å². The lowest BCUT2D eigenvalue weighted by molar-refractivity contribution is 0.0527. The van der Waals surface area contributed by atoms with Crippen LogP contribution in [0, 0.1) is 11.6 Å². The summed E-state index contributed by atoms with van der Waals surface area (Å²) in [5.74, 6) is -1.42. The quantitative estimate of drug-likeness (QED) is 0.882. The van der Waals surface area contributed by atoms with Crippen LogP contribution in [-0.2, 0) is 12.1 Å². The molecule has 1 heterocycles. The van der Waals surface area contributed by atoms with Crippen molar-refractivity contribution >= 4 is 0 Å². The third-order valence-electron chi connectivity index (χ3n) is 3.01. The van der Waals surface area contributed by atoms with E-state index < -0.39 is 17.2 Å². The average Bonchev–Trinajstić information content (AvgIpc) is 2.39. The minimum Gasteiger partial charge on any atom is -0.384 e. The molecule has 0 bridgehead atoms. The van der Waals surface area contributed by atoms with E-state index >= 15 is 0 Å². The first-order chi connectivity index (χ1) is 9.49. The molecule has 0 saturated carbocycles. The number of aromatic nitrogens is 1. The summed E-state index contributed by atoms with van der Waals surface area (Å²) in [7, 11) is 0. The highest BCUT2D eigenvalue weighted by atomic mass is 19.1. The van der Waals surface area contributed by atoms with Crippen LogP contribution >= 0.6 is 0 Å². The molecule has 1 unspecified atom stereocenters. The van der Waals surface area contributed by atoms with Gasteiger partial charge in [0, 0.05) is 30.9 Å². The third-order valence-corrected chi connectivity index (χ3v) is 3.01. The second kappa shape index (κ2) is 6.07. The van der Waals surface area contributed by atoms with Crippen molar-refractivity contribution in [3.8, 4) is 0 Å². The van der Waals surface area contributed by atoms with E-state index in [0.717, 1.165) is 17.8 Å². The maximum atomic E-state index is 13.7. The van der Waals surface area contributed by atoms with Gasteiger partial charge in [-0.2, -0.15) is 0 Å². The largest absolute Gasteiger partial charge is 0.384 e. The molecule has 0 spiro atoms. The van der Waals surface area contributed by atoms with Gasteiger partial charge in [-0.15, -0.1) is 0 Å². The van der Waals surface area contributed by atoms with E-state index in [1.165, 1.54) is 13.0 Å². The van der Waals surface area contributed by atoms with Gasteiger partial charge in [0.2, 0.25) is 0 Å². The maximum Gasteiger partial charge on any atom is 0.132 e. The molecule has 0 amide bonds. The monoisotopic (exact) mass is 278 g/mol. The van der Waals surface area contributed by atoms with Crippen molar-refractivity contribution in [2.75, 3.05) is 6.54 Å². The van der Waals surface area contributed by atoms with E-state index in [-0.39, 0.29) is 12.1 Å². The Morgan fingerprint density at radius 2 is 2.05 bits per heavy atom. The Labute approximate surface area is 116 Å². The zero-order valence-corrected chi connectivity index (χ0v) is 11.1. The van der Waals surface area contributed by atoms with Crippen LogP contribution in [0.3, 0.4) is 0 Å². The van der Waals surface area contributed by atoms with E-state index in [4.69, 9.17) is 0 Å². The second-order valence-corrected chi connectivity index (χ2v) is 4.82. The summed E-state index contributed by atoms with van der Waals surface area (Å²) in [6, 6.07) is 8.68. The molecule has 5 heteroatoms. The molecule has 1 aromatic carbocycles. The first-order valence-corrected chi connectivity index (χ1v) is 6.27. The summed E-state index contributed by atoms with van der Waals surface area (Å²) in [5.41, 5.74) is -0.540. The number of pyridine rings is 1. The number of hydrogen-bond donors (Lipinski definition) is 2. The number of halogens is 2. The van der Waals surface area contributed by atoms with E-state index in [1.54, 1.807) is 6.20 Å². The van der Waals surface area contributed by atoms with Crippen LogP contribution in [0.25, 0.3) is 0 Å². The molecular weight excluding hydrogens is 262 g/mol. The molecule has 1 atom stereocenters. The van der Waals surface area contributed by atoms with E-state index in [1.807, 2.05) is 18.2 Å². The van der Waals surface area contributed by atoms with Crippen molar-refractivity contribution in [2.45, 2.75) is 19.1 Å². The van der Waals surface area contributed by atoms with Gasteiger partial charge in [-0.05, 0) is 25.1 Å². The highest BCUT2D eigenvalue weighted by Gasteiger charge is 2.26. The molecule has 0 saturated heterocycles. The first kappa shape index (κ1) is 14.6. The summed E-state index contributed by atoms with van der Waals surface area (Å²) in [6.45, 7) is 2.07. The second-order valence-electron chi connectivity index (χ2n) is 4.82. The molecule has 0 aliphatic rings. The van der Waals surface area contributed by atoms with Gasteiger partial charge in [0.05, 0.1) is 5.69 Å². The Hall–Kier alpha value is -1.85. The average molecular weight is 278 g/mol. The van der Waals surface area contributed by atoms with Gasteiger partial charge in [0.15, 0.2) is 0 Å². The lowest BCUT2D eigenvalue weighted by atomic mass is 9.95. The topological polar surface area (TPSA) is 45.1 Å². The van der Waals surface area contributed by atoms with Gasteiger partial charge in [-0.1, -0.05) is 12.1 Å². The lowest BCUT2D eigenvalue weighted by Crippen LogP contribution is -2.36. The highest BCUT2D eigenvalue weighted by Crippen LogP contribution is 2.23. The van der Waals surface area contributed by atoms with Gasteiger partial charge in [0.1, 0.15) is 17.2 Å². The number of aliphatic hydroxyl groups is 1. The molecule has 2 rings (SSSR count). The van der Waals surface area contributed by atoms with Crippen molar-refractivity contribution in [1.29, 1.82) is 0 Å². The van der Waals surface area contributed by atoms with Crippen molar-refractivity contribution < 1.29 is 13.9 Å². The molecular formula is C15H16F2N2O. The Morgan fingerprint density at radius 1 is 1.25 bits per heavy atom. The summed E-state index contributed by atoms with van der Waals surface area (Å²) in [4.78, 5) is 4.13. The fourth-order valence-electron chi connectivity index (χ4n) is 1.96. The summed E-state index contributed by atoms with van der Waals surface area (Å²) < 4.78 is 26.5. The molecule has 20 heavy (non-hydrogen) atoms. The third kappa shape index (κ3) is 3.59. The van der Waals surface area contributed by atoms with Crippen LogP contribution in [-0.4, -0.2) is 16.6 Å². The van der Waals surface area contributed by atoms with Crippen LogP contribution < -0.4 is 5.32 Å². The molecule has 106 valence electrons. The van der Waals surface area contributed by atoms with Crippen molar-refractivity contribution in [1.82, 2.24) is 10.3 Å². The van der Waals surface area contributed by atoms with E-state index in [9.17, 15) is 13.9 Å². The summed E-state index contributed by atoms with van der Waals surface area (Å²) in [5, 5.41) is 13.3. The number of hydrogen-bond acceptors (Lipinski definition) is 3. The van der Waals surface area contributed by atoms with Crippen LogP contribution in [0.4, 0.5) is 8.78 Å².